The first-order valence-electron chi connectivity index (χ1n) is 3.61. The van der Waals surface area contributed by atoms with Crippen LogP contribution in [0.4, 0.5) is 10.1 Å². The van der Waals surface area contributed by atoms with E-state index in [-0.39, 0.29) is 11.3 Å². The van der Waals surface area contributed by atoms with Gasteiger partial charge in [-0.1, -0.05) is 5.92 Å². The molecule has 0 atom stereocenters. The molecule has 1 rings (SSSR count). The van der Waals surface area contributed by atoms with Crippen molar-refractivity contribution in [3.05, 3.63) is 29.1 Å². The van der Waals surface area contributed by atoms with Crippen LogP contribution >= 0.6 is 0 Å². The van der Waals surface area contributed by atoms with E-state index in [9.17, 15) is 4.39 Å². The predicted molar refractivity (Wildman–Crippen MR) is 48.1 cm³/mol. The molecule has 2 nitrogen and oxygen atoms in total. The first-order chi connectivity index (χ1) is 6.19. The highest BCUT2D eigenvalue weighted by Gasteiger charge is 2.05. The third-order valence-corrected chi connectivity index (χ3v) is 1.52. The molecule has 0 aromatic heterocycles. The van der Waals surface area contributed by atoms with Gasteiger partial charge in [0.05, 0.1) is 11.3 Å². The standard InChI is InChI=1S/C10H7FN2/c1-2-3-7-4-8(6-12)9(11)5-10(7)13/h4-5H,13H2,1H3. The van der Waals surface area contributed by atoms with Gasteiger partial charge in [0.25, 0.3) is 0 Å². The number of anilines is 1. The summed E-state index contributed by atoms with van der Waals surface area (Å²) >= 11 is 0. The lowest BCUT2D eigenvalue weighted by Gasteiger charge is -1.99. The third kappa shape index (κ3) is 1.77. The minimum Gasteiger partial charge on any atom is -0.398 e. The summed E-state index contributed by atoms with van der Waals surface area (Å²) in [5, 5.41) is 8.52. The number of nitriles is 1. The molecule has 0 heterocycles. The number of rotatable bonds is 0. The van der Waals surface area contributed by atoms with E-state index in [0.717, 1.165) is 6.07 Å². The first-order valence-corrected chi connectivity index (χ1v) is 3.61. The first kappa shape index (κ1) is 9.09. The second kappa shape index (κ2) is 3.60. The Labute approximate surface area is 75.8 Å². The molecule has 0 spiro atoms. The number of hydrogen-bond acceptors (Lipinski definition) is 2. The van der Waals surface area contributed by atoms with Crippen molar-refractivity contribution in [3.63, 3.8) is 0 Å². The molecule has 64 valence electrons. The van der Waals surface area contributed by atoms with Gasteiger partial charge in [0, 0.05) is 5.56 Å². The van der Waals surface area contributed by atoms with Gasteiger partial charge in [-0.2, -0.15) is 5.26 Å². The van der Waals surface area contributed by atoms with Gasteiger partial charge >= 0.3 is 0 Å². The smallest absolute Gasteiger partial charge is 0.143 e. The van der Waals surface area contributed by atoms with Crippen molar-refractivity contribution in [2.45, 2.75) is 6.92 Å². The van der Waals surface area contributed by atoms with Crippen LogP contribution in [0.2, 0.25) is 0 Å². The number of nitrogens with zero attached hydrogens (tertiary/aromatic N) is 1. The fourth-order valence-corrected chi connectivity index (χ4v) is 0.917. The van der Waals surface area contributed by atoms with Gasteiger partial charge in [-0.3, -0.25) is 0 Å². The van der Waals surface area contributed by atoms with Crippen LogP contribution in [0, 0.1) is 29.0 Å². The molecule has 3 heteroatoms. The summed E-state index contributed by atoms with van der Waals surface area (Å²) in [6.45, 7) is 1.65. The Hall–Kier alpha value is -2.00. The molecule has 0 amide bonds. The molecule has 0 aliphatic heterocycles. The summed E-state index contributed by atoms with van der Waals surface area (Å²) in [4.78, 5) is 0. The molecule has 0 unspecified atom stereocenters. The van der Waals surface area contributed by atoms with Crippen molar-refractivity contribution >= 4 is 5.69 Å². The Morgan fingerprint density at radius 3 is 2.62 bits per heavy atom. The van der Waals surface area contributed by atoms with Crippen molar-refractivity contribution in [1.29, 1.82) is 5.26 Å². The second-order valence-corrected chi connectivity index (χ2v) is 2.41. The zero-order valence-electron chi connectivity index (χ0n) is 7.06. The Kier molecular flexibility index (Phi) is 2.52. The van der Waals surface area contributed by atoms with E-state index in [1.54, 1.807) is 13.0 Å². The Bertz CT molecular complexity index is 433. The molecule has 2 N–H and O–H groups in total. The molecular weight excluding hydrogens is 167 g/mol. The van der Waals surface area contributed by atoms with Crippen LogP contribution in [0.3, 0.4) is 0 Å². The second-order valence-electron chi connectivity index (χ2n) is 2.41. The average Bonchev–Trinajstić information content (AvgIpc) is 2.10. The van der Waals surface area contributed by atoms with E-state index in [1.165, 1.54) is 6.07 Å². The molecule has 0 saturated carbocycles. The molecule has 0 bridgehead atoms. The molecule has 0 aliphatic carbocycles. The fraction of sp³-hybridized carbons (Fsp3) is 0.100. The summed E-state index contributed by atoms with van der Waals surface area (Å²) in [5.74, 6) is 4.71. The monoisotopic (exact) mass is 174 g/mol. The van der Waals surface area contributed by atoms with Crippen molar-refractivity contribution < 1.29 is 4.39 Å². The highest BCUT2D eigenvalue weighted by molar-refractivity contribution is 5.59. The van der Waals surface area contributed by atoms with Gasteiger partial charge in [0.15, 0.2) is 0 Å². The number of nitrogens with two attached hydrogens (primary N) is 1. The van der Waals surface area contributed by atoms with Gasteiger partial charge in [0.1, 0.15) is 11.9 Å². The quantitative estimate of drug-likeness (QED) is 0.480. The summed E-state index contributed by atoms with van der Waals surface area (Å²) in [6, 6.07) is 4.18. The Morgan fingerprint density at radius 2 is 2.08 bits per heavy atom. The highest BCUT2D eigenvalue weighted by atomic mass is 19.1. The Morgan fingerprint density at radius 1 is 1.38 bits per heavy atom. The van der Waals surface area contributed by atoms with E-state index in [2.05, 4.69) is 11.8 Å². The van der Waals surface area contributed by atoms with Crippen molar-refractivity contribution in [2.24, 2.45) is 0 Å². The van der Waals surface area contributed by atoms with Crippen LogP contribution in [0.1, 0.15) is 18.1 Å². The van der Waals surface area contributed by atoms with Gasteiger partial charge in [-0.05, 0) is 19.1 Å². The summed E-state index contributed by atoms with van der Waals surface area (Å²) in [5.41, 5.74) is 6.19. The number of nitrogen functional groups attached to an aromatic ring is 1. The maximum absolute atomic E-state index is 12.9. The van der Waals surface area contributed by atoms with Gasteiger partial charge < -0.3 is 5.73 Å². The zero-order chi connectivity index (χ0) is 9.84. The lowest BCUT2D eigenvalue weighted by atomic mass is 10.1. The number of benzene rings is 1. The summed E-state index contributed by atoms with van der Waals surface area (Å²) in [7, 11) is 0. The van der Waals surface area contributed by atoms with Crippen LogP contribution < -0.4 is 5.73 Å². The van der Waals surface area contributed by atoms with Gasteiger partial charge in [-0.15, -0.1) is 5.92 Å². The molecule has 0 saturated heterocycles. The molecule has 0 radical (unpaired) electrons. The lowest BCUT2D eigenvalue weighted by Crippen LogP contribution is -1.94. The third-order valence-electron chi connectivity index (χ3n) is 1.52. The van der Waals surface area contributed by atoms with Crippen molar-refractivity contribution in [1.82, 2.24) is 0 Å². The fourth-order valence-electron chi connectivity index (χ4n) is 0.917. The molecule has 0 fully saturated rings. The number of halogens is 1. The largest absolute Gasteiger partial charge is 0.398 e. The highest BCUT2D eigenvalue weighted by Crippen LogP contribution is 2.16. The van der Waals surface area contributed by atoms with E-state index in [0.29, 0.717) is 5.56 Å². The van der Waals surface area contributed by atoms with E-state index >= 15 is 0 Å². The molecule has 1 aromatic rings. The van der Waals surface area contributed by atoms with Crippen molar-refractivity contribution in [2.75, 3.05) is 5.73 Å². The van der Waals surface area contributed by atoms with Crippen molar-refractivity contribution in [3.8, 4) is 17.9 Å². The summed E-state index contributed by atoms with van der Waals surface area (Å²) in [6.07, 6.45) is 0. The van der Waals surface area contributed by atoms with Crippen LogP contribution in [0.5, 0.6) is 0 Å². The number of hydrogen-bond donors (Lipinski definition) is 1. The van der Waals surface area contributed by atoms with Crippen LogP contribution in [0.25, 0.3) is 0 Å². The van der Waals surface area contributed by atoms with Crippen LogP contribution in [-0.4, -0.2) is 0 Å². The zero-order valence-corrected chi connectivity index (χ0v) is 7.06. The average molecular weight is 174 g/mol. The van der Waals surface area contributed by atoms with Gasteiger partial charge in [0.2, 0.25) is 0 Å². The maximum atomic E-state index is 12.9. The SMILES string of the molecule is CC#Cc1cc(C#N)c(F)cc1N. The lowest BCUT2D eigenvalue weighted by molar-refractivity contribution is 0.624. The predicted octanol–water partition coefficient (Wildman–Crippen LogP) is 1.65. The summed E-state index contributed by atoms with van der Waals surface area (Å²) < 4.78 is 12.9. The molecule has 0 aliphatic rings. The topological polar surface area (TPSA) is 49.8 Å². The Balaban J connectivity index is 3.38. The minimum absolute atomic E-state index is 0.0352. The van der Waals surface area contributed by atoms with Gasteiger partial charge in [-0.25, -0.2) is 4.39 Å². The normalized spacial score (nSPS) is 8.38. The molecule has 1 aromatic carbocycles. The molecular formula is C10H7FN2. The van der Waals surface area contributed by atoms with Crippen LogP contribution in [0.15, 0.2) is 12.1 Å². The van der Waals surface area contributed by atoms with E-state index in [4.69, 9.17) is 11.0 Å². The molecule has 13 heavy (non-hydrogen) atoms. The van der Waals surface area contributed by atoms with Crippen LogP contribution in [-0.2, 0) is 0 Å². The minimum atomic E-state index is -0.610. The maximum Gasteiger partial charge on any atom is 0.143 e. The van der Waals surface area contributed by atoms with E-state index < -0.39 is 5.82 Å². The van der Waals surface area contributed by atoms with E-state index in [1.807, 2.05) is 0 Å².